The average Bonchev–Trinajstić information content (AvgIpc) is 3.58. The van der Waals surface area contributed by atoms with Gasteiger partial charge < -0.3 is 9.88 Å². The van der Waals surface area contributed by atoms with Crippen LogP contribution in [0.15, 0.2) is 53.3 Å². The van der Waals surface area contributed by atoms with Crippen LogP contribution in [-0.4, -0.2) is 61.3 Å². The van der Waals surface area contributed by atoms with Crippen LogP contribution in [0.1, 0.15) is 50.2 Å². The van der Waals surface area contributed by atoms with Crippen LogP contribution in [0.3, 0.4) is 0 Å². The summed E-state index contributed by atoms with van der Waals surface area (Å²) in [4.78, 5) is 26.3. The van der Waals surface area contributed by atoms with E-state index in [2.05, 4.69) is 69.3 Å². The predicted octanol–water partition coefficient (Wildman–Crippen LogP) is 4.49. The quantitative estimate of drug-likeness (QED) is 0.347. The van der Waals surface area contributed by atoms with E-state index in [-0.39, 0.29) is 17.1 Å². The smallest absolute Gasteiger partial charge is 0.253 e. The number of piperazine rings is 1. The summed E-state index contributed by atoms with van der Waals surface area (Å²) in [6, 6.07) is 16.0. The summed E-state index contributed by atoms with van der Waals surface area (Å²) >= 11 is 1.73. The van der Waals surface area contributed by atoms with Gasteiger partial charge in [-0.15, -0.1) is 5.10 Å². The lowest BCUT2D eigenvalue weighted by molar-refractivity contribution is 0.186. The highest BCUT2D eigenvalue weighted by molar-refractivity contribution is 7.22. The minimum atomic E-state index is -0.373. The number of thiazole rings is 1. The van der Waals surface area contributed by atoms with E-state index in [1.165, 1.54) is 4.70 Å². The van der Waals surface area contributed by atoms with Crippen molar-refractivity contribution in [1.29, 1.82) is 0 Å². The first kappa shape index (κ1) is 24.7. The van der Waals surface area contributed by atoms with Gasteiger partial charge in [-0.2, -0.15) is 0 Å². The molecular weight excluding hydrogens is 496 g/mol. The van der Waals surface area contributed by atoms with E-state index < -0.39 is 0 Å². The molecule has 3 aromatic heterocycles. The van der Waals surface area contributed by atoms with Crippen LogP contribution in [0, 0.1) is 6.92 Å². The number of hydrogen-bond acceptors (Lipinski definition) is 8. The largest absolute Gasteiger partial charge is 0.345 e. The van der Waals surface area contributed by atoms with Crippen molar-refractivity contribution in [2.24, 2.45) is 0 Å². The highest BCUT2D eigenvalue weighted by Crippen LogP contribution is 2.33. The lowest BCUT2D eigenvalue weighted by Gasteiger charge is -2.39. The highest BCUT2D eigenvalue weighted by Gasteiger charge is 2.36. The van der Waals surface area contributed by atoms with Crippen LogP contribution in [-0.2, 0) is 5.54 Å². The highest BCUT2D eigenvalue weighted by atomic mass is 32.1. The summed E-state index contributed by atoms with van der Waals surface area (Å²) in [6.07, 6.45) is 0.858. The van der Waals surface area contributed by atoms with Gasteiger partial charge in [0.25, 0.3) is 5.56 Å². The Morgan fingerprint density at radius 3 is 2.63 bits per heavy atom. The van der Waals surface area contributed by atoms with Crippen LogP contribution in [0.2, 0.25) is 0 Å². The van der Waals surface area contributed by atoms with Crippen LogP contribution >= 0.6 is 11.3 Å². The van der Waals surface area contributed by atoms with Crippen LogP contribution in [0.5, 0.6) is 0 Å². The molecule has 1 saturated heterocycles. The number of nitrogens with zero attached hydrogens (tertiary/aromatic N) is 7. The third kappa shape index (κ3) is 4.27. The van der Waals surface area contributed by atoms with Crippen LogP contribution < -0.4 is 10.5 Å². The Kier molecular flexibility index (Phi) is 6.23. The first-order chi connectivity index (χ1) is 18.4. The number of hydrogen-bond donors (Lipinski definition) is 1. The molecule has 1 aliphatic rings. The van der Waals surface area contributed by atoms with Crippen molar-refractivity contribution in [1.82, 2.24) is 35.1 Å². The molecule has 5 aromatic rings. The molecule has 4 heterocycles. The summed E-state index contributed by atoms with van der Waals surface area (Å²) < 4.78 is 3.10. The normalized spacial score (nSPS) is 15.9. The van der Waals surface area contributed by atoms with E-state index in [9.17, 15) is 4.79 Å². The summed E-state index contributed by atoms with van der Waals surface area (Å²) in [5.41, 5.74) is 3.22. The van der Waals surface area contributed by atoms with Gasteiger partial charge in [-0.25, -0.2) is 9.67 Å². The zero-order valence-corrected chi connectivity index (χ0v) is 23.0. The second-order valence-corrected chi connectivity index (χ2v) is 11.6. The standard InChI is InChI=1S/C28H32N8OS/c1-5-28(3,4)36-25(31-32-33-36)24(20-17-19-10-8-9-18(2)23(19)30-26(20)37)34-13-15-35(16-14-34)27-29-21-11-6-7-12-22(21)38-27/h6-12,17,24H,5,13-16H2,1-4H3,(H,30,37)/t24-/m1/s1. The number of aryl methyl sites for hydroxylation is 1. The Hall–Kier alpha value is -3.63. The zero-order chi connectivity index (χ0) is 26.4. The van der Waals surface area contributed by atoms with E-state index in [0.717, 1.165) is 59.7 Å². The van der Waals surface area contributed by atoms with Gasteiger partial charge in [-0.05, 0) is 66.8 Å². The van der Waals surface area contributed by atoms with Crippen LogP contribution in [0.4, 0.5) is 5.13 Å². The first-order valence-corrected chi connectivity index (χ1v) is 13.9. The maximum absolute atomic E-state index is 13.6. The maximum atomic E-state index is 13.6. The average molecular weight is 529 g/mol. The SMILES string of the molecule is CCC(C)(C)n1nnnc1[C@@H](c1cc2cccc(C)c2[nH]c1=O)N1CCN(c2nc3ccccc3s2)CC1. The minimum Gasteiger partial charge on any atom is -0.345 e. The molecular formula is C28H32N8OS. The molecule has 0 saturated carbocycles. The van der Waals surface area contributed by atoms with Gasteiger partial charge in [-0.1, -0.05) is 48.6 Å². The fourth-order valence-corrected chi connectivity index (χ4v) is 6.23. The Morgan fingerprint density at radius 2 is 1.87 bits per heavy atom. The molecule has 9 nitrogen and oxygen atoms in total. The number of aromatic amines is 1. The second kappa shape index (κ2) is 9.59. The molecule has 1 atom stereocenters. The summed E-state index contributed by atoms with van der Waals surface area (Å²) in [5, 5.41) is 15.0. The Labute approximate surface area is 225 Å². The van der Waals surface area contributed by atoms with Crippen molar-refractivity contribution in [2.75, 3.05) is 31.1 Å². The number of benzene rings is 2. The third-order valence-electron chi connectivity index (χ3n) is 7.82. The number of tetrazole rings is 1. The number of rotatable bonds is 6. The summed E-state index contributed by atoms with van der Waals surface area (Å²) in [7, 11) is 0. The fraction of sp³-hybridized carbons (Fsp3) is 0.393. The van der Waals surface area contributed by atoms with E-state index in [0.29, 0.717) is 11.4 Å². The minimum absolute atomic E-state index is 0.103. The molecule has 6 rings (SSSR count). The van der Waals surface area contributed by atoms with Gasteiger partial charge in [0.2, 0.25) is 0 Å². The second-order valence-electron chi connectivity index (χ2n) is 10.6. The Bertz CT molecular complexity index is 1630. The molecule has 0 radical (unpaired) electrons. The summed E-state index contributed by atoms with van der Waals surface area (Å²) in [5.74, 6) is 0.697. The molecule has 0 spiro atoms. The molecule has 1 aliphatic heterocycles. The van der Waals surface area contributed by atoms with Crippen molar-refractivity contribution in [3.63, 3.8) is 0 Å². The van der Waals surface area contributed by atoms with Crippen molar-refractivity contribution >= 4 is 37.6 Å². The number of para-hydroxylation sites is 2. The van der Waals surface area contributed by atoms with Gasteiger partial charge in [-0.3, -0.25) is 9.69 Å². The third-order valence-corrected chi connectivity index (χ3v) is 8.92. The number of anilines is 1. The molecule has 1 N–H and O–H groups in total. The van der Waals surface area contributed by atoms with Gasteiger partial charge in [0.15, 0.2) is 11.0 Å². The van der Waals surface area contributed by atoms with Crippen LogP contribution in [0.25, 0.3) is 21.1 Å². The van der Waals surface area contributed by atoms with E-state index in [1.807, 2.05) is 41.9 Å². The molecule has 2 aromatic carbocycles. The lowest BCUT2D eigenvalue weighted by Crippen LogP contribution is -2.49. The topological polar surface area (TPSA) is 95.8 Å². The lowest BCUT2D eigenvalue weighted by atomic mass is 9.98. The molecule has 196 valence electrons. The number of aromatic nitrogens is 6. The molecule has 0 amide bonds. The summed E-state index contributed by atoms with van der Waals surface area (Å²) in [6.45, 7) is 11.5. The molecule has 38 heavy (non-hydrogen) atoms. The first-order valence-electron chi connectivity index (χ1n) is 13.1. The van der Waals surface area contributed by atoms with E-state index in [4.69, 9.17) is 4.98 Å². The van der Waals surface area contributed by atoms with Gasteiger partial charge in [0, 0.05) is 31.7 Å². The zero-order valence-electron chi connectivity index (χ0n) is 22.2. The van der Waals surface area contributed by atoms with Gasteiger partial charge >= 0.3 is 0 Å². The predicted molar refractivity (Wildman–Crippen MR) is 152 cm³/mol. The number of fused-ring (bicyclic) bond motifs is 2. The van der Waals surface area contributed by atoms with Crippen molar-refractivity contribution in [3.05, 3.63) is 75.8 Å². The number of pyridine rings is 1. The molecule has 0 aliphatic carbocycles. The molecule has 1 fully saturated rings. The molecule has 10 heteroatoms. The van der Waals surface area contributed by atoms with E-state index >= 15 is 0 Å². The van der Waals surface area contributed by atoms with Gasteiger partial charge in [0.05, 0.1) is 21.3 Å². The van der Waals surface area contributed by atoms with Crippen molar-refractivity contribution < 1.29 is 0 Å². The fourth-order valence-electron chi connectivity index (χ4n) is 5.21. The molecule has 0 unspecified atom stereocenters. The Morgan fingerprint density at radius 1 is 1.08 bits per heavy atom. The maximum Gasteiger partial charge on any atom is 0.253 e. The van der Waals surface area contributed by atoms with E-state index in [1.54, 1.807) is 11.3 Å². The number of H-pyrrole nitrogens is 1. The van der Waals surface area contributed by atoms with Gasteiger partial charge in [0.1, 0.15) is 6.04 Å². The molecule has 0 bridgehead atoms. The number of nitrogens with one attached hydrogen (secondary N) is 1. The van der Waals surface area contributed by atoms with Crippen molar-refractivity contribution in [3.8, 4) is 0 Å². The monoisotopic (exact) mass is 528 g/mol. The van der Waals surface area contributed by atoms with Crippen molar-refractivity contribution in [2.45, 2.75) is 45.7 Å². The Balaban J connectivity index is 1.39.